The van der Waals surface area contributed by atoms with E-state index in [1.54, 1.807) is 10.6 Å². The second-order valence-corrected chi connectivity index (χ2v) is 12.5. The van der Waals surface area contributed by atoms with Gasteiger partial charge in [0.2, 0.25) is 10.0 Å². The summed E-state index contributed by atoms with van der Waals surface area (Å²) in [5.74, 6) is -0.621. The number of aromatic nitrogens is 1. The Hall–Kier alpha value is -2.90. The number of benzene rings is 2. The second-order valence-electron chi connectivity index (χ2n) is 10.5. The van der Waals surface area contributed by atoms with E-state index < -0.39 is 33.3 Å². The smallest absolute Gasteiger partial charge is 0.347 e. The molecule has 1 heterocycles. The van der Waals surface area contributed by atoms with Gasteiger partial charge in [-0.15, -0.1) is 0 Å². The molecule has 1 aromatic heterocycles. The molecular formula is C26H27F4N3O2S. The minimum Gasteiger partial charge on any atom is -0.347 e. The van der Waals surface area contributed by atoms with Crippen LogP contribution in [0.5, 0.6) is 0 Å². The summed E-state index contributed by atoms with van der Waals surface area (Å²) in [6.07, 6.45) is -2.22. The molecule has 1 aliphatic carbocycles. The molecule has 5 nitrogen and oxygen atoms in total. The van der Waals surface area contributed by atoms with Crippen LogP contribution < -0.4 is 4.72 Å². The van der Waals surface area contributed by atoms with E-state index in [0.717, 1.165) is 0 Å². The van der Waals surface area contributed by atoms with Crippen LogP contribution in [0.2, 0.25) is 0 Å². The molecule has 1 unspecified atom stereocenters. The fourth-order valence-electron chi connectivity index (χ4n) is 4.51. The summed E-state index contributed by atoms with van der Waals surface area (Å²) < 4.78 is 86.4. The minimum absolute atomic E-state index is 0.0602. The molecule has 4 rings (SSSR count). The zero-order valence-corrected chi connectivity index (χ0v) is 21.0. The van der Waals surface area contributed by atoms with Crippen molar-refractivity contribution < 1.29 is 26.0 Å². The highest BCUT2D eigenvalue weighted by atomic mass is 32.2. The fourth-order valence-corrected chi connectivity index (χ4v) is 6.24. The maximum Gasteiger partial charge on any atom is 0.408 e. The number of hydrogen-bond donors (Lipinski definition) is 1. The highest BCUT2D eigenvalue weighted by Crippen LogP contribution is 2.41. The third-order valence-electron chi connectivity index (χ3n) is 6.39. The van der Waals surface area contributed by atoms with Gasteiger partial charge in [0.1, 0.15) is 11.9 Å². The molecule has 3 aromatic rings. The number of halogens is 4. The zero-order chi connectivity index (χ0) is 26.5. The summed E-state index contributed by atoms with van der Waals surface area (Å²) in [5.41, 5.74) is 0.353. The van der Waals surface area contributed by atoms with Crippen LogP contribution in [0.3, 0.4) is 0 Å². The third-order valence-corrected chi connectivity index (χ3v) is 8.31. The predicted molar refractivity (Wildman–Crippen MR) is 130 cm³/mol. The van der Waals surface area contributed by atoms with Crippen LogP contribution >= 0.6 is 0 Å². The predicted octanol–water partition coefficient (Wildman–Crippen LogP) is 6.44. The van der Waals surface area contributed by atoms with Crippen molar-refractivity contribution in [2.24, 2.45) is 5.41 Å². The van der Waals surface area contributed by atoms with Crippen LogP contribution in [-0.4, -0.2) is 24.4 Å². The Morgan fingerprint density at radius 2 is 1.86 bits per heavy atom. The Bertz CT molecular complexity index is 1440. The van der Waals surface area contributed by atoms with Gasteiger partial charge in [0.25, 0.3) is 0 Å². The van der Waals surface area contributed by atoms with E-state index in [-0.39, 0.29) is 27.5 Å². The molecule has 1 aliphatic rings. The summed E-state index contributed by atoms with van der Waals surface area (Å²) in [7, 11) is -4.18. The van der Waals surface area contributed by atoms with Crippen LogP contribution in [0.15, 0.2) is 42.6 Å². The van der Waals surface area contributed by atoms with E-state index >= 15 is 0 Å². The number of nitrogens with one attached hydrogen (secondary N) is 1. The summed E-state index contributed by atoms with van der Waals surface area (Å²) in [6, 6.07) is 8.07. The van der Waals surface area contributed by atoms with Gasteiger partial charge in [-0.3, -0.25) is 0 Å². The molecule has 0 bridgehead atoms. The van der Waals surface area contributed by atoms with Crippen molar-refractivity contribution in [1.29, 1.82) is 5.26 Å². The maximum absolute atomic E-state index is 14.7. The standard InChI is InChI=1S/C26H27F4N3O2S/c1-25(2,3)15-33-14-20(24(26(28,29)30)32-36(34,35)18-7-5-8-18)19-11-10-16(12-22(19)33)23-17(13-31)6-4-9-21(23)27/h4,6,9-12,14,18,24,32H,5,7-8,15H2,1-3H3. The number of alkyl halides is 3. The van der Waals surface area contributed by atoms with Gasteiger partial charge in [-0.1, -0.05) is 45.4 Å². The van der Waals surface area contributed by atoms with Crippen LogP contribution in [0.25, 0.3) is 22.0 Å². The lowest BCUT2D eigenvalue weighted by atomic mass is 9.96. The van der Waals surface area contributed by atoms with Crippen molar-refractivity contribution in [3.63, 3.8) is 0 Å². The summed E-state index contributed by atoms with van der Waals surface area (Å²) in [5, 5.41) is 8.83. The Labute approximate surface area is 207 Å². The van der Waals surface area contributed by atoms with Crippen LogP contribution in [0, 0.1) is 22.6 Å². The largest absolute Gasteiger partial charge is 0.408 e. The third kappa shape index (κ3) is 5.13. The van der Waals surface area contributed by atoms with Gasteiger partial charge in [-0.2, -0.15) is 23.2 Å². The molecule has 0 aliphatic heterocycles. The molecule has 2 aromatic carbocycles. The lowest BCUT2D eigenvalue weighted by Gasteiger charge is -2.29. The monoisotopic (exact) mass is 521 g/mol. The van der Waals surface area contributed by atoms with Gasteiger partial charge in [0.05, 0.1) is 16.9 Å². The van der Waals surface area contributed by atoms with Crippen LogP contribution in [0.4, 0.5) is 17.6 Å². The first kappa shape index (κ1) is 26.2. The number of hydrogen-bond acceptors (Lipinski definition) is 3. The van der Waals surface area contributed by atoms with Crippen molar-refractivity contribution >= 4 is 20.9 Å². The molecule has 1 saturated carbocycles. The summed E-state index contributed by atoms with van der Waals surface area (Å²) in [4.78, 5) is 0. The first-order chi connectivity index (χ1) is 16.7. The van der Waals surface area contributed by atoms with E-state index in [1.807, 2.05) is 31.6 Å². The normalized spacial score (nSPS) is 16.1. The molecule has 0 saturated heterocycles. The molecule has 192 valence electrons. The summed E-state index contributed by atoms with van der Waals surface area (Å²) in [6.45, 7) is 6.10. The van der Waals surface area contributed by atoms with E-state index in [0.29, 0.717) is 36.9 Å². The molecule has 0 spiro atoms. The summed E-state index contributed by atoms with van der Waals surface area (Å²) >= 11 is 0. The highest BCUT2D eigenvalue weighted by Gasteiger charge is 2.46. The number of nitrogens with zero attached hydrogens (tertiary/aromatic N) is 2. The van der Waals surface area contributed by atoms with E-state index in [4.69, 9.17) is 0 Å². The first-order valence-corrected chi connectivity index (χ1v) is 13.2. The molecule has 0 radical (unpaired) electrons. The molecule has 1 atom stereocenters. The Morgan fingerprint density at radius 3 is 2.42 bits per heavy atom. The molecule has 1 N–H and O–H groups in total. The Kier molecular flexibility index (Phi) is 6.69. The van der Waals surface area contributed by atoms with Crippen LogP contribution in [0.1, 0.15) is 57.2 Å². The van der Waals surface area contributed by atoms with Crippen molar-refractivity contribution in [2.45, 2.75) is 64.0 Å². The van der Waals surface area contributed by atoms with Gasteiger partial charge in [0, 0.05) is 34.8 Å². The van der Waals surface area contributed by atoms with Gasteiger partial charge in [-0.05, 0) is 42.0 Å². The Morgan fingerprint density at radius 1 is 1.17 bits per heavy atom. The molecular weight excluding hydrogens is 494 g/mol. The Balaban J connectivity index is 1.91. The van der Waals surface area contributed by atoms with E-state index in [9.17, 15) is 31.2 Å². The van der Waals surface area contributed by atoms with E-state index in [2.05, 4.69) is 0 Å². The quantitative estimate of drug-likeness (QED) is 0.379. The van der Waals surface area contributed by atoms with Crippen molar-refractivity contribution in [1.82, 2.24) is 9.29 Å². The molecule has 0 amide bonds. The lowest BCUT2D eigenvalue weighted by Crippen LogP contribution is -2.44. The average Bonchev–Trinajstić information content (AvgIpc) is 3.05. The number of fused-ring (bicyclic) bond motifs is 1. The van der Waals surface area contributed by atoms with Gasteiger partial charge in [0.15, 0.2) is 0 Å². The van der Waals surface area contributed by atoms with Crippen molar-refractivity contribution in [3.8, 4) is 17.2 Å². The molecule has 10 heteroatoms. The lowest BCUT2D eigenvalue weighted by molar-refractivity contribution is -0.152. The van der Waals surface area contributed by atoms with Crippen molar-refractivity contribution in [3.05, 3.63) is 59.5 Å². The molecule has 36 heavy (non-hydrogen) atoms. The number of nitriles is 1. The van der Waals surface area contributed by atoms with Crippen molar-refractivity contribution in [2.75, 3.05) is 0 Å². The first-order valence-electron chi connectivity index (χ1n) is 11.6. The average molecular weight is 522 g/mol. The zero-order valence-electron chi connectivity index (χ0n) is 20.2. The van der Waals surface area contributed by atoms with Gasteiger partial charge >= 0.3 is 6.18 Å². The number of rotatable bonds is 6. The SMILES string of the molecule is CC(C)(C)Cn1cc(C(NS(=O)(=O)C2CCC2)C(F)(F)F)c2ccc(-c3c(F)cccc3C#N)cc21. The topological polar surface area (TPSA) is 74.9 Å². The maximum atomic E-state index is 14.7. The van der Waals surface area contributed by atoms with Gasteiger partial charge in [-0.25, -0.2) is 12.8 Å². The highest BCUT2D eigenvalue weighted by molar-refractivity contribution is 7.90. The number of sulfonamides is 1. The minimum atomic E-state index is -4.88. The molecule has 1 fully saturated rings. The van der Waals surface area contributed by atoms with Gasteiger partial charge < -0.3 is 4.57 Å². The second kappa shape index (κ2) is 9.20. The van der Waals surface area contributed by atoms with Crippen LogP contribution in [-0.2, 0) is 16.6 Å². The fraction of sp³-hybridized carbons (Fsp3) is 0.423. The van der Waals surface area contributed by atoms with E-state index in [1.165, 1.54) is 36.5 Å².